The van der Waals surface area contributed by atoms with Gasteiger partial charge in [0.15, 0.2) is 11.5 Å². The first kappa shape index (κ1) is 18.3. The van der Waals surface area contributed by atoms with Crippen molar-refractivity contribution in [3.63, 3.8) is 0 Å². The minimum Gasteiger partial charge on any atom is -0.493 e. The molecule has 26 heavy (non-hydrogen) atoms. The van der Waals surface area contributed by atoms with Crippen molar-refractivity contribution in [3.8, 4) is 11.5 Å². The highest BCUT2D eigenvalue weighted by Crippen LogP contribution is 2.34. The van der Waals surface area contributed by atoms with Gasteiger partial charge in [0, 0.05) is 6.54 Å². The van der Waals surface area contributed by atoms with Crippen LogP contribution in [-0.2, 0) is 16.8 Å². The van der Waals surface area contributed by atoms with E-state index < -0.39 is 5.60 Å². The van der Waals surface area contributed by atoms with E-state index in [9.17, 15) is 9.90 Å². The van der Waals surface area contributed by atoms with Crippen molar-refractivity contribution in [1.29, 1.82) is 0 Å². The van der Waals surface area contributed by atoms with Crippen LogP contribution < -0.4 is 9.47 Å². The topological polar surface area (TPSA) is 59.0 Å². The van der Waals surface area contributed by atoms with Gasteiger partial charge < -0.3 is 19.5 Å². The zero-order chi connectivity index (χ0) is 18.7. The third-order valence-corrected chi connectivity index (χ3v) is 5.05. The van der Waals surface area contributed by atoms with Gasteiger partial charge in [0.1, 0.15) is 5.60 Å². The summed E-state index contributed by atoms with van der Waals surface area (Å²) >= 11 is 0. The Morgan fingerprint density at radius 1 is 1.15 bits per heavy atom. The molecule has 1 N–H and O–H groups in total. The van der Waals surface area contributed by atoms with Crippen LogP contribution in [0, 0.1) is 6.92 Å². The minimum atomic E-state index is -0.974. The lowest BCUT2D eigenvalue weighted by Gasteiger charge is -2.25. The van der Waals surface area contributed by atoms with Gasteiger partial charge in [0.2, 0.25) is 5.91 Å². The number of amides is 1. The van der Waals surface area contributed by atoms with Gasteiger partial charge in [-0.05, 0) is 42.2 Å². The predicted molar refractivity (Wildman–Crippen MR) is 99.5 cm³/mol. The Balaban J connectivity index is 1.71. The van der Waals surface area contributed by atoms with E-state index in [-0.39, 0.29) is 12.3 Å². The van der Waals surface area contributed by atoms with Crippen molar-refractivity contribution in [2.75, 3.05) is 27.3 Å². The molecule has 2 aromatic rings. The van der Waals surface area contributed by atoms with Gasteiger partial charge >= 0.3 is 0 Å². The number of likely N-dealkylation sites (tertiary alicyclic amines) is 1. The van der Waals surface area contributed by atoms with Crippen molar-refractivity contribution in [2.24, 2.45) is 0 Å². The molecule has 0 bridgehead atoms. The Hall–Kier alpha value is -2.53. The van der Waals surface area contributed by atoms with E-state index >= 15 is 0 Å². The molecule has 1 heterocycles. The fourth-order valence-electron chi connectivity index (χ4n) is 3.60. The van der Waals surface area contributed by atoms with E-state index in [0.717, 1.165) is 16.7 Å². The SMILES string of the molecule is COc1ccc(CC(=O)N2CCC(O)(c3ccccc3C)C2)cc1OC. The van der Waals surface area contributed by atoms with Crippen molar-refractivity contribution < 1.29 is 19.4 Å². The average molecular weight is 355 g/mol. The Kier molecular flexibility index (Phi) is 5.18. The molecule has 1 fully saturated rings. The summed E-state index contributed by atoms with van der Waals surface area (Å²) in [6.45, 7) is 2.86. The molecule has 0 saturated carbocycles. The maximum atomic E-state index is 12.7. The molecule has 1 saturated heterocycles. The third-order valence-electron chi connectivity index (χ3n) is 5.05. The van der Waals surface area contributed by atoms with Crippen molar-refractivity contribution in [2.45, 2.75) is 25.4 Å². The molecule has 1 amide bonds. The molecule has 0 aliphatic carbocycles. The van der Waals surface area contributed by atoms with Gasteiger partial charge in [-0.25, -0.2) is 0 Å². The molecular weight excluding hydrogens is 330 g/mol. The van der Waals surface area contributed by atoms with Crippen LogP contribution in [0.3, 0.4) is 0 Å². The second kappa shape index (κ2) is 7.38. The van der Waals surface area contributed by atoms with Crippen LogP contribution in [0.5, 0.6) is 11.5 Å². The van der Waals surface area contributed by atoms with Crippen LogP contribution in [0.1, 0.15) is 23.1 Å². The van der Waals surface area contributed by atoms with Crippen LogP contribution in [0.4, 0.5) is 0 Å². The van der Waals surface area contributed by atoms with E-state index in [1.807, 2.05) is 43.3 Å². The molecule has 5 nitrogen and oxygen atoms in total. The average Bonchev–Trinajstić information content (AvgIpc) is 3.05. The molecular formula is C21H25NO4. The molecule has 1 aliphatic rings. The molecule has 3 rings (SSSR count). The lowest BCUT2D eigenvalue weighted by Crippen LogP contribution is -2.35. The summed E-state index contributed by atoms with van der Waals surface area (Å²) in [7, 11) is 3.16. The van der Waals surface area contributed by atoms with Crippen LogP contribution in [0.25, 0.3) is 0 Å². The maximum absolute atomic E-state index is 12.7. The fourth-order valence-corrected chi connectivity index (χ4v) is 3.60. The monoisotopic (exact) mass is 355 g/mol. The van der Waals surface area contributed by atoms with E-state index in [4.69, 9.17) is 9.47 Å². The van der Waals surface area contributed by atoms with Crippen LogP contribution >= 0.6 is 0 Å². The maximum Gasteiger partial charge on any atom is 0.227 e. The minimum absolute atomic E-state index is 0.00160. The van der Waals surface area contributed by atoms with Crippen LogP contribution in [-0.4, -0.2) is 43.2 Å². The molecule has 1 aliphatic heterocycles. The Morgan fingerprint density at radius 2 is 1.88 bits per heavy atom. The fraction of sp³-hybridized carbons (Fsp3) is 0.381. The molecule has 138 valence electrons. The van der Waals surface area contributed by atoms with Crippen molar-refractivity contribution in [3.05, 3.63) is 59.2 Å². The Labute approximate surface area is 154 Å². The normalized spacial score (nSPS) is 19.5. The van der Waals surface area contributed by atoms with Gasteiger partial charge in [0.05, 0.1) is 27.2 Å². The second-order valence-corrected chi connectivity index (χ2v) is 6.78. The van der Waals surface area contributed by atoms with Gasteiger partial charge in [0.25, 0.3) is 0 Å². The van der Waals surface area contributed by atoms with Gasteiger partial charge in [-0.15, -0.1) is 0 Å². The van der Waals surface area contributed by atoms with Crippen LogP contribution in [0.2, 0.25) is 0 Å². The standard InChI is InChI=1S/C21H25NO4/c1-15-6-4-5-7-17(15)21(24)10-11-22(14-21)20(23)13-16-8-9-18(25-2)19(12-16)26-3/h4-9,12,24H,10-11,13-14H2,1-3H3. The molecule has 0 radical (unpaired) electrons. The highest BCUT2D eigenvalue weighted by Gasteiger charge is 2.40. The van der Waals surface area contributed by atoms with Crippen molar-refractivity contribution in [1.82, 2.24) is 4.90 Å². The summed E-state index contributed by atoms with van der Waals surface area (Å²) in [5.74, 6) is 1.25. The summed E-state index contributed by atoms with van der Waals surface area (Å²) in [5, 5.41) is 11.0. The first-order valence-electron chi connectivity index (χ1n) is 8.74. The van der Waals surface area contributed by atoms with Gasteiger partial charge in [-0.2, -0.15) is 0 Å². The highest BCUT2D eigenvalue weighted by molar-refractivity contribution is 5.79. The zero-order valence-corrected chi connectivity index (χ0v) is 15.5. The Morgan fingerprint density at radius 3 is 2.58 bits per heavy atom. The van der Waals surface area contributed by atoms with Crippen LogP contribution in [0.15, 0.2) is 42.5 Å². The number of β-amino-alcohol motifs (C(OH)–C–C–N with tert-alkyl or cyclic N) is 1. The summed E-state index contributed by atoms with van der Waals surface area (Å²) in [5.41, 5.74) is 1.84. The lowest BCUT2D eigenvalue weighted by molar-refractivity contribution is -0.130. The summed E-state index contributed by atoms with van der Waals surface area (Å²) in [4.78, 5) is 14.5. The molecule has 1 unspecified atom stereocenters. The molecule has 1 atom stereocenters. The number of hydrogen-bond donors (Lipinski definition) is 1. The summed E-state index contributed by atoms with van der Waals surface area (Å²) in [6, 6.07) is 13.3. The van der Waals surface area contributed by atoms with Gasteiger partial charge in [-0.3, -0.25) is 4.79 Å². The third kappa shape index (κ3) is 3.53. The zero-order valence-electron chi connectivity index (χ0n) is 15.5. The predicted octanol–water partition coefficient (Wildman–Crippen LogP) is 2.67. The van der Waals surface area contributed by atoms with E-state index in [2.05, 4.69) is 0 Å². The number of carbonyl (C=O) groups is 1. The quantitative estimate of drug-likeness (QED) is 0.896. The largest absolute Gasteiger partial charge is 0.493 e. The number of rotatable bonds is 5. The molecule has 0 aromatic heterocycles. The first-order valence-corrected chi connectivity index (χ1v) is 8.74. The summed E-state index contributed by atoms with van der Waals surface area (Å²) < 4.78 is 10.5. The second-order valence-electron chi connectivity index (χ2n) is 6.78. The number of methoxy groups -OCH3 is 2. The molecule has 0 spiro atoms. The van der Waals surface area contributed by atoms with Gasteiger partial charge in [-0.1, -0.05) is 30.3 Å². The number of aryl methyl sites for hydroxylation is 1. The first-order chi connectivity index (χ1) is 12.5. The van der Waals surface area contributed by atoms with E-state index in [0.29, 0.717) is 31.0 Å². The summed E-state index contributed by atoms with van der Waals surface area (Å²) in [6.07, 6.45) is 0.819. The number of benzene rings is 2. The van der Waals surface area contributed by atoms with E-state index in [1.165, 1.54) is 0 Å². The Bertz CT molecular complexity index is 804. The number of aliphatic hydroxyl groups is 1. The lowest BCUT2D eigenvalue weighted by atomic mass is 9.89. The number of ether oxygens (including phenoxy) is 2. The number of nitrogens with zero attached hydrogens (tertiary/aromatic N) is 1. The molecule has 2 aromatic carbocycles. The highest BCUT2D eigenvalue weighted by atomic mass is 16.5. The van der Waals surface area contributed by atoms with E-state index in [1.54, 1.807) is 25.2 Å². The smallest absolute Gasteiger partial charge is 0.227 e. The number of carbonyl (C=O) groups excluding carboxylic acids is 1. The number of hydrogen-bond acceptors (Lipinski definition) is 4. The molecule has 5 heteroatoms. The van der Waals surface area contributed by atoms with Crippen molar-refractivity contribution >= 4 is 5.91 Å².